The van der Waals surface area contributed by atoms with Crippen LogP contribution >= 0.6 is 0 Å². The van der Waals surface area contributed by atoms with Gasteiger partial charge in [-0.15, -0.1) is 0 Å². The van der Waals surface area contributed by atoms with Gasteiger partial charge < -0.3 is 14.6 Å². The molecule has 0 aliphatic heterocycles. The summed E-state index contributed by atoms with van der Waals surface area (Å²) >= 11 is 0. The lowest BCUT2D eigenvalue weighted by Crippen LogP contribution is -2.19. The minimum absolute atomic E-state index is 0.0849. The predicted octanol–water partition coefficient (Wildman–Crippen LogP) is 4.64. The molecule has 1 aromatic heterocycles. The van der Waals surface area contributed by atoms with Crippen molar-refractivity contribution in [3.05, 3.63) is 57.1 Å². The van der Waals surface area contributed by atoms with Gasteiger partial charge in [0.1, 0.15) is 11.5 Å². The molecule has 2 aliphatic carbocycles. The Morgan fingerprint density at radius 3 is 2.61 bits per heavy atom. The number of anilines is 1. The lowest BCUT2D eigenvalue weighted by atomic mass is 9.85. The van der Waals surface area contributed by atoms with Crippen molar-refractivity contribution in [2.75, 3.05) is 5.32 Å². The molecule has 1 aromatic carbocycles. The maximum atomic E-state index is 12.9. The van der Waals surface area contributed by atoms with E-state index in [-0.39, 0.29) is 17.6 Å². The first-order chi connectivity index (χ1) is 13.5. The van der Waals surface area contributed by atoms with E-state index in [9.17, 15) is 14.7 Å². The van der Waals surface area contributed by atoms with Crippen LogP contribution in [-0.4, -0.2) is 16.3 Å². The number of rotatable bonds is 4. The van der Waals surface area contributed by atoms with E-state index in [0.29, 0.717) is 23.4 Å². The van der Waals surface area contributed by atoms with E-state index >= 15 is 0 Å². The maximum Gasteiger partial charge on any atom is 0.409 e. The molecule has 1 fully saturated rings. The van der Waals surface area contributed by atoms with E-state index in [2.05, 4.69) is 5.32 Å². The Morgan fingerprint density at radius 1 is 1.14 bits per heavy atom. The van der Waals surface area contributed by atoms with E-state index in [1.54, 1.807) is 18.2 Å². The predicted molar refractivity (Wildman–Crippen MR) is 105 cm³/mol. The summed E-state index contributed by atoms with van der Waals surface area (Å²) in [4.78, 5) is 23.9. The van der Waals surface area contributed by atoms with Crippen LogP contribution in [0.5, 0.6) is 5.75 Å². The molecule has 6 nitrogen and oxygen atoms in total. The van der Waals surface area contributed by atoms with Gasteiger partial charge in [-0.25, -0.2) is 9.59 Å². The first-order valence-electron chi connectivity index (χ1n) is 10.0. The first kappa shape index (κ1) is 18.6. The minimum Gasteiger partial charge on any atom is -0.507 e. The highest BCUT2D eigenvalue weighted by Crippen LogP contribution is 2.49. The van der Waals surface area contributed by atoms with Gasteiger partial charge in [-0.05, 0) is 55.7 Å². The lowest BCUT2D eigenvalue weighted by molar-refractivity contribution is 0.209. The third-order valence-corrected chi connectivity index (χ3v) is 5.80. The molecule has 1 heterocycles. The van der Waals surface area contributed by atoms with Gasteiger partial charge in [0.25, 0.3) is 0 Å². The molecule has 0 spiro atoms. The van der Waals surface area contributed by atoms with Gasteiger partial charge in [0.15, 0.2) is 0 Å². The van der Waals surface area contributed by atoms with E-state index in [0.717, 1.165) is 56.1 Å². The van der Waals surface area contributed by atoms with Crippen LogP contribution in [0.2, 0.25) is 0 Å². The van der Waals surface area contributed by atoms with Crippen molar-refractivity contribution in [1.29, 1.82) is 0 Å². The first-order valence-corrected chi connectivity index (χ1v) is 10.0. The van der Waals surface area contributed by atoms with Crippen LogP contribution in [0.1, 0.15) is 66.9 Å². The van der Waals surface area contributed by atoms with Crippen molar-refractivity contribution >= 4 is 11.8 Å². The third-order valence-electron chi connectivity index (χ3n) is 5.80. The van der Waals surface area contributed by atoms with E-state index < -0.39 is 11.7 Å². The Hall–Kier alpha value is -2.76. The summed E-state index contributed by atoms with van der Waals surface area (Å²) in [5, 5.41) is 22.4. The quantitative estimate of drug-likeness (QED) is 0.714. The molecule has 6 heteroatoms. The van der Waals surface area contributed by atoms with Crippen molar-refractivity contribution < 1.29 is 19.4 Å². The summed E-state index contributed by atoms with van der Waals surface area (Å²) in [6.45, 7) is 0. The largest absolute Gasteiger partial charge is 0.507 e. The van der Waals surface area contributed by atoms with Gasteiger partial charge in [0.05, 0.1) is 5.56 Å². The molecule has 2 aromatic rings. The van der Waals surface area contributed by atoms with Crippen molar-refractivity contribution in [2.45, 2.75) is 57.3 Å². The summed E-state index contributed by atoms with van der Waals surface area (Å²) in [5.74, 6) is 0.673. The molecule has 0 bridgehead atoms. The molecule has 0 radical (unpaired) electrons. The molecule has 2 aliphatic rings. The molecule has 1 amide bonds. The number of fused-ring (bicyclic) bond motifs is 1. The molecule has 148 valence electrons. The number of hydrogen-bond donors (Lipinski definition) is 3. The van der Waals surface area contributed by atoms with Crippen LogP contribution in [0.4, 0.5) is 10.5 Å². The normalized spacial score (nSPS) is 17.9. The number of aryl methyl sites for hydroxylation is 1. The van der Waals surface area contributed by atoms with Gasteiger partial charge in [-0.2, -0.15) is 0 Å². The Morgan fingerprint density at radius 2 is 1.89 bits per heavy atom. The van der Waals surface area contributed by atoms with E-state index in [1.165, 1.54) is 0 Å². The Labute approximate surface area is 163 Å². The zero-order valence-corrected chi connectivity index (χ0v) is 15.7. The Bertz CT molecular complexity index is 944. The average molecular weight is 383 g/mol. The molecule has 1 saturated carbocycles. The van der Waals surface area contributed by atoms with Crippen molar-refractivity contribution in [3.63, 3.8) is 0 Å². The second-order valence-corrected chi connectivity index (χ2v) is 7.84. The minimum atomic E-state index is -1.14. The Kier molecular flexibility index (Phi) is 5.11. The zero-order chi connectivity index (χ0) is 19.7. The van der Waals surface area contributed by atoms with Crippen LogP contribution < -0.4 is 10.9 Å². The average Bonchev–Trinajstić information content (AvgIpc) is 3.45. The van der Waals surface area contributed by atoms with E-state index in [1.807, 2.05) is 6.07 Å². The highest BCUT2D eigenvalue weighted by atomic mass is 16.4. The van der Waals surface area contributed by atoms with Crippen molar-refractivity contribution in [3.8, 4) is 5.75 Å². The molecule has 4 rings (SSSR count). The van der Waals surface area contributed by atoms with Gasteiger partial charge >= 0.3 is 11.7 Å². The summed E-state index contributed by atoms with van der Waals surface area (Å²) < 4.78 is 5.70. The molecular formula is C22H25NO5. The Balaban J connectivity index is 1.80. The van der Waals surface area contributed by atoms with E-state index in [4.69, 9.17) is 9.52 Å². The van der Waals surface area contributed by atoms with Gasteiger partial charge in [-0.1, -0.05) is 25.0 Å². The van der Waals surface area contributed by atoms with Crippen LogP contribution in [0.15, 0.2) is 33.5 Å². The molecule has 0 saturated heterocycles. The van der Waals surface area contributed by atoms with Crippen LogP contribution in [0.25, 0.3) is 0 Å². The monoisotopic (exact) mass is 383 g/mol. The summed E-state index contributed by atoms with van der Waals surface area (Å²) in [6.07, 6.45) is 6.36. The summed E-state index contributed by atoms with van der Waals surface area (Å²) in [5.41, 5.74) is 1.91. The number of hydrogen-bond acceptors (Lipinski definition) is 4. The number of benzene rings is 1. The maximum absolute atomic E-state index is 12.9. The van der Waals surface area contributed by atoms with Gasteiger partial charge in [0.2, 0.25) is 0 Å². The SMILES string of the molecule is O=C(O)Nc1cccc(C(c2c(O)c3c(oc2=O)CCCCCC3)C2CC2)c1. The zero-order valence-electron chi connectivity index (χ0n) is 15.7. The summed E-state index contributed by atoms with van der Waals surface area (Å²) in [7, 11) is 0. The van der Waals surface area contributed by atoms with Crippen molar-refractivity contribution in [2.24, 2.45) is 5.92 Å². The van der Waals surface area contributed by atoms with Crippen LogP contribution in [0, 0.1) is 5.92 Å². The molecular weight excluding hydrogens is 358 g/mol. The standard InChI is InChI=1S/C22H25NO5/c24-20-16-8-3-1-2-4-9-17(16)28-21(25)19(20)18(13-10-11-13)14-6-5-7-15(12-14)23-22(26)27/h5-7,12-13,18,23-24H,1-4,8-11H2,(H,26,27). The van der Waals surface area contributed by atoms with Gasteiger partial charge in [-0.3, -0.25) is 5.32 Å². The highest BCUT2D eigenvalue weighted by Gasteiger charge is 2.38. The van der Waals surface area contributed by atoms with Crippen LogP contribution in [0.3, 0.4) is 0 Å². The molecule has 28 heavy (non-hydrogen) atoms. The topological polar surface area (TPSA) is 99.8 Å². The number of aromatic hydroxyl groups is 1. The molecule has 3 N–H and O–H groups in total. The molecule has 1 unspecified atom stereocenters. The van der Waals surface area contributed by atoms with Crippen LogP contribution in [-0.2, 0) is 12.8 Å². The third kappa shape index (κ3) is 3.77. The lowest BCUT2D eigenvalue weighted by Gasteiger charge is -2.21. The molecule has 1 atom stereocenters. The smallest absolute Gasteiger partial charge is 0.409 e. The van der Waals surface area contributed by atoms with Crippen molar-refractivity contribution in [1.82, 2.24) is 0 Å². The number of carbonyl (C=O) groups is 1. The fraction of sp³-hybridized carbons (Fsp3) is 0.455. The second kappa shape index (κ2) is 7.70. The number of nitrogens with one attached hydrogen (secondary N) is 1. The highest BCUT2D eigenvalue weighted by molar-refractivity contribution is 5.82. The number of amides is 1. The second-order valence-electron chi connectivity index (χ2n) is 7.84. The number of carboxylic acid groups (broad SMARTS) is 1. The fourth-order valence-corrected chi connectivity index (χ4v) is 4.33. The summed E-state index contributed by atoms with van der Waals surface area (Å²) in [6, 6.07) is 7.06. The van der Waals surface area contributed by atoms with Gasteiger partial charge in [0, 0.05) is 23.6 Å². The fourth-order valence-electron chi connectivity index (χ4n) is 4.33.